The van der Waals surface area contributed by atoms with E-state index >= 15 is 0 Å². The van der Waals surface area contributed by atoms with Crippen molar-refractivity contribution in [1.29, 1.82) is 0 Å². The van der Waals surface area contributed by atoms with Gasteiger partial charge in [0, 0.05) is 20.1 Å². The molecule has 2 aromatic carbocycles. The topological polar surface area (TPSA) is 67.1 Å². The average molecular weight is 518 g/mol. The van der Waals surface area contributed by atoms with Gasteiger partial charge in [-0.2, -0.15) is 5.10 Å². The molecular weight excluding hydrogens is 487 g/mol. The van der Waals surface area contributed by atoms with Gasteiger partial charge in [-0.1, -0.05) is 68.3 Å². The van der Waals surface area contributed by atoms with E-state index in [-0.39, 0.29) is 24.0 Å². The van der Waals surface area contributed by atoms with Gasteiger partial charge in [0.15, 0.2) is 5.96 Å². The summed E-state index contributed by atoms with van der Waals surface area (Å²) in [7, 11) is 1.81. The fourth-order valence-corrected chi connectivity index (χ4v) is 3.23. The van der Waals surface area contributed by atoms with Crippen LogP contribution < -0.4 is 10.6 Å². The van der Waals surface area contributed by atoms with Crippen LogP contribution in [0.15, 0.2) is 66.2 Å². The molecule has 1 aromatic heterocycles. The van der Waals surface area contributed by atoms with Gasteiger partial charge in [-0.25, -0.2) is 9.67 Å². The minimum Gasteiger partial charge on any atom is -0.356 e. The van der Waals surface area contributed by atoms with Crippen molar-refractivity contribution >= 4 is 29.9 Å². The van der Waals surface area contributed by atoms with Gasteiger partial charge in [0.05, 0.1) is 6.54 Å². The van der Waals surface area contributed by atoms with E-state index in [1.54, 1.807) is 12.7 Å². The monoisotopic (exact) mass is 518 g/mol. The fraction of sp³-hybridized carbons (Fsp3) is 0.348. The highest BCUT2D eigenvalue weighted by Crippen LogP contribution is 2.24. The number of nitrogens with zero attached hydrogens (tertiary/aromatic N) is 4. The van der Waals surface area contributed by atoms with Crippen molar-refractivity contribution in [2.24, 2.45) is 4.99 Å². The first kappa shape index (κ1) is 23.9. The quantitative estimate of drug-likeness (QED) is 0.190. The van der Waals surface area contributed by atoms with Crippen LogP contribution in [0.5, 0.6) is 0 Å². The summed E-state index contributed by atoms with van der Waals surface area (Å²) < 4.78 is 1.83. The molecule has 0 unspecified atom stereocenters. The smallest absolute Gasteiger partial charge is 0.191 e. The van der Waals surface area contributed by atoms with Crippen LogP contribution in [0.25, 0.3) is 11.1 Å². The summed E-state index contributed by atoms with van der Waals surface area (Å²) in [6, 6.07) is 17.1. The number of nitrogens with one attached hydrogen (secondary N) is 2. The van der Waals surface area contributed by atoms with Gasteiger partial charge in [-0.15, -0.1) is 24.0 Å². The average Bonchev–Trinajstić information content (AvgIpc) is 3.27. The highest BCUT2D eigenvalue weighted by molar-refractivity contribution is 14.0. The lowest BCUT2D eigenvalue weighted by Crippen LogP contribution is -2.37. The van der Waals surface area contributed by atoms with Crippen molar-refractivity contribution in [1.82, 2.24) is 25.4 Å². The number of hydrogen-bond donors (Lipinski definition) is 2. The Balaban J connectivity index is 0.00000320. The molecule has 3 aromatic rings. The van der Waals surface area contributed by atoms with E-state index in [1.807, 2.05) is 11.7 Å². The lowest BCUT2D eigenvalue weighted by Gasteiger charge is -2.14. The first-order valence-corrected chi connectivity index (χ1v) is 10.2. The van der Waals surface area contributed by atoms with Crippen molar-refractivity contribution in [3.05, 3.63) is 72.3 Å². The van der Waals surface area contributed by atoms with E-state index in [2.05, 4.69) is 81.2 Å². The SMILES string of the molecule is CCCCCNC(=NC)NCc1ccccc1-c1ccc(Cn2cncn2)cc1.I. The summed E-state index contributed by atoms with van der Waals surface area (Å²) in [6.45, 7) is 4.61. The van der Waals surface area contributed by atoms with Crippen molar-refractivity contribution in [3.63, 3.8) is 0 Å². The van der Waals surface area contributed by atoms with Crippen molar-refractivity contribution < 1.29 is 0 Å². The summed E-state index contributed by atoms with van der Waals surface area (Å²) >= 11 is 0. The van der Waals surface area contributed by atoms with Gasteiger partial charge in [0.2, 0.25) is 0 Å². The van der Waals surface area contributed by atoms with Crippen LogP contribution in [0.1, 0.15) is 37.3 Å². The Labute approximate surface area is 196 Å². The second-order valence-corrected chi connectivity index (χ2v) is 7.01. The van der Waals surface area contributed by atoms with Crippen molar-refractivity contribution in [3.8, 4) is 11.1 Å². The minimum atomic E-state index is 0. The van der Waals surface area contributed by atoms with Gasteiger partial charge in [-0.05, 0) is 28.7 Å². The Morgan fingerprint density at radius 3 is 2.53 bits per heavy atom. The van der Waals surface area contributed by atoms with Crippen molar-refractivity contribution in [2.75, 3.05) is 13.6 Å². The summed E-state index contributed by atoms with van der Waals surface area (Å²) in [4.78, 5) is 8.33. The predicted octanol–water partition coefficient (Wildman–Crippen LogP) is 4.47. The molecule has 1 heterocycles. The Bertz CT molecular complexity index is 890. The van der Waals surface area contributed by atoms with Crippen LogP contribution in [-0.2, 0) is 13.1 Å². The van der Waals surface area contributed by atoms with Gasteiger partial charge in [0.25, 0.3) is 0 Å². The predicted molar refractivity (Wildman–Crippen MR) is 134 cm³/mol. The Kier molecular flexibility index (Phi) is 10.3. The molecule has 0 aliphatic rings. The highest BCUT2D eigenvalue weighted by Gasteiger charge is 2.06. The van der Waals surface area contributed by atoms with Gasteiger partial charge < -0.3 is 10.6 Å². The third-order valence-corrected chi connectivity index (χ3v) is 4.84. The van der Waals surface area contributed by atoms with Gasteiger partial charge in [0.1, 0.15) is 12.7 Å². The number of hydrogen-bond acceptors (Lipinski definition) is 3. The minimum absolute atomic E-state index is 0. The molecule has 0 fully saturated rings. The van der Waals surface area contributed by atoms with Crippen LogP contribution in [0.2, 0.25) is 0 Å². The molecule has 0 amide bonds. The van der Waals surface area contributed by atoms with Crippen molar-refractivity contribution in [2.45, 2.75) is 39.3 Å². The molecule has 0 saturated carbocycles. The maximum absolute atomic E-state index is 4.33. The van der Waals surface area contributed by atoms with E-state index < -0.39 is 0 Å². The standard InChI is InChI=1S/C23H30N6.HI/c1-3-4-7-14-26-23(24-2)27-15-21-8-5-6-9-22(21)20-12-10-19(11-13-20)16-29-18-25-17-28-29;/h5-6,8-13,17-18H,3-4,7,14-16H2,1-2H3,(H2,24,26,27);1H. The van der Waals surface area contributed by atoms with Crippen LogP contribution in [0.3, 0.4) is 0 Å². The summed E-state index contributed by atoms with van der Waals surface area (Å²) in [5, 5.41) is 11.0. The van der Waals surface area contributed by atoms with Gasteiger partial charge >= 0.3 is 0 Å². The Morgan fingerprint density at radius 1 is 1.03 bits per heavy atom. The number of aromatic nitrogens is 3. The first-order chi connectivity index (χ1) is 14.3. The zero-order chi connectivity index (χ0) is 20.3. The molecule has 0 radical (unpaired) electrons. The summed E-state index contributed by atoms with van der Waals surface area (Å²) in [6.07, 6.45) is 6.91. The largest absolute Gasteiger partial charge is 0.356 e. The van der Waals surface area contributed by atoms with Crippen LogP contribution in [-0.4, -0.2) is 34.3 Å². The molecule has 30 heavy (non-hydrogen) atoms. The molecule has 0 aliphatic carbocycles. The molecule has 0 atom stereocenters. The number of unbranched alkanes of at least 4 members (excludes halogenated alkanes) is 2. The second kappa shape index (κ2) is 13.0. The first-order valence-electron chi connectivity index (χ1n) is 10.2. The fourth-order valence-electron chi connectivity index (χ4n) is 3.23. The van der Waals surface area contributed by atoms with E-state index in [1.165, 1.54) is 35.1 Å². The third-order valence-electron chi connectivity index (χ3n) is 4.84. The molecular formula is C23H31IN6. The lowest BCUT2D eigenvalue weighted by atomic mass is 9.98. The number of guanidine groups is 1. The highest BCUT2D eigenvalue weighted by atomic mass is 127. The van der Waals surface area contributed by atoms with Crippen LogP contribution in [0, 0.1) is 0 Å². The molecule has 160 valence electrons. The lowest BCUT2D eigenvalue weighted by molar-refractivity contribution is 0.683. The molecule has 0 aliphatic heterocycles. The summed E-state index contributed by atoms with van der Waals surface area (Å²) in [5.41, 5.74) is 4.88. The van der Waals surface area contributed by atoms with E-state index in [4.69, 9.17) is 0 Å². The molecule has 2 N–H and O–H groups in total. The molecule has 0 spiro atoms. The zero-order valence-electron chi connectivity index (χ0n) is 17.7. The van der Waals surface area contributed by atoms with Crippen LogP contribution >= 0.6 is 24.0 Å². The normalized spacial score (nSPS) is 11.1. The van der Waals surface area contributed by atoms with Crippen LogP contribution in [0.4, 0.5) is 0 Å². The van der Waals surface area contributed by atoms with E-state index in [9.17, 15) is 0 Å². The van der Waals surface area contributed by atoms with Gasteiger partial charge in [-0.3, -0.25) is 4.99 Å². The summed E-state index contributed by atoms with van der Waals surface area (Å²) in [5.74, 6) is 0.846. The number of benzene rings is 2. The number of rotatable bonds is 9. The maximum Gasteiger partial charge on any atom is 0.191 e. The molecule has 7 heteroatoms. The second-order valence-electron chi connectivity index (χ2n) is 7.01. The zero-order valence-corrected chi connectivity index (χ0v) is 20.0. The molecule has 6 nitrogen and oxygen atoms in total. The maximum atomic E-state index is 4.33. The number of halogens is 1. The number of aliphatic imine (C=N–C) groups is 1. The Hall–Kier alpha value is -2.42. The molecule has 3 rings (SSSR count). The van der Waals surface area contributed by atoms with E-state index in [0.717, 1.165) is 32.0 Å². The molecule has 0 bridgehead atoms. The third kappa shape index (κ3) is 7.12. The Morgan fingerprint density at radius 2 is 1.83 bits per heavy atom. The molecule has 0 saturated heterocycles. The van der Waals surface area contributed by atoms with E-state index in [0.29, 0.717) is 0 Å².